The zero-order valence-electron chi connectivity index (χ0n) is 15.1. The highest BCUT2D eigenvalue weighted by Gasteiger charge is 2.69. The lowest BCUT2D eigenvalue weighted by molar-refractivity contribution is -0.361. The number of carbonyl (C=O) groups excluding carboxylic acids is 2. The Morgan fingerprint density at radius 1 is 1.10 bits per heavy atom. The molecule has 1 unspecified atom stereocenters. The Morgan fingerprint density at radius 2 is 1.62 bits per heavy atom. The van der Waals surface area contributed by atoms with Crippen LogP contribution in [0.2, 0.25) is 0 Å². The first-order valence-electron chi connectivity index (χ1n) is 8.19. The van der Waals surface area contributed by atoms with Gasteiger partial charge in [0, 0.05) is 5.57 Å². The van der Waals surface area contributed by atoms with Crippen molar-refractivity contribution in [3.8, 4) is 0 Å². The lowest BCUT2D eigenvalue weighted by Gasteiger charge is -2.34. The predicted octanol–water partition coefficient (Wildman–Crippen LogP) is 2.74. The third-order valence-electron chi connectivity index (χ3n) is 3.87. The van der Waals surface area contributed by atoms with E-state index in [2.05, 4.69) is 20.8 Å². The van der Waals surface area contributed by atoms with Crippen LogP contribution in [0, 0.1) is 0 Å². The molecule has 1 N–H and O–H groups in total. The van der Waals surface area contributed by atoms with Gasteiger partial charge in [0.25, 0.3) is 0 Å². The van der Waals surface area contributed by atoms with Gasteiger partial charge >= 0.3 is 39.3 Å². The lowest BCUT2D eigenvalue weighted by atomic mass is 9.98. The molecule has 8 nitrogen and oxygen atoms in total. The summed E-state index contributed by atoms with van der Waals surface area (Å²) in [6.45, 7) is 1.26. The smallest absolute Gasteiger partial charge is 0.457 e. The highest BCUT2D eigenvalue weighted by molar-refractivity contribution is 7.86. The molecule has 0 spiro atoms. The molecule has 1 fully saturated rings. The van der Waals surface area contributed by atoms with Crippen LogP contribution >= 0.6 is 0 Å². The summed E-state index contributed by atoms with van der Waals surface area (Å²) in [7, 11) is -6.20. The number of hydrogen-bond donors (Lipinski definition) is 1. The van der Waals surface area contributed by atoms with E-state index in [4.69, 9.17) is 4.55 Å². The molecule has 0 heterocycles. The third kappa shape index (κ3) is 6.09. The Balaban J connectivity index is 3.31. The average Bonchev–Trinajstić information content (AvgIpc) is 2.56. The molecule has 1 saturated carbocycles. The van der Waals surface area contributed by atoms with Crippen molar-refractivity contribution in [2.24, 2.45) is 0 Å². The fourth-order valence-corrected chi connectivity index (χ4v) is 2.48. The van der Waals surface area contributed by atoms with Gasteiger partial charge in [-0.2, -0.15) is 30.4 Å². The SMILES string of the molecule is C=C(C)C(=O)OC(OCC(F)(F)S(=O)(=O)O)(C(=O)OC1CCCCC1)C(F)(F)F. The van der Waals surface area contributed by atoms with Gasteiger partial charge in [-0.1, -0.05) is 13.0 Å². The van der Waals surface area contributed by atoms with Gasteiger partial charge in [-0.3, -0.25) is 4.55 Å². The zero-order valence-corrected chi connectivity index (χ0v) is 15.9. The second-order valence-corrected chi connectivity index (χ2v) is 7.90. The van der Waals surface area contributed by atoms with Crippen molar-refractivity contribution in [2.75, 3.05) is 6.61 Å². The quantitative estimate of drug-likeness (QED) is 0.196. The van der Waals surface area contributed by atoms with Gasteiger partial charge in [-0.05, 0) is 32.6 Å². The number of esters is 2. The van der Waals surface area contributed by atoms with E-state index in [0.29, 0.717) is 12.8 Å². The van der Waals surface area contributed by atoms with Crippen molar-refractivity contribution in [1.82, 2.24) is 0 Å². The number of alkyl halides is 5. The monoisotopic (exact) mass is 454 g/mol. The Labute approximate surface area is 162 Å². The molecule has 29 heavy (non-hydrogen) atoms. The van der Waals surface area contributed by atoms with Crippen molar-refractivity contribution in [3.05, 3.63) is 12.2 Å². The molecular formula is C15H19F5O8S. The van der Waals surface area contributed by atoms with Crippen LogP contribution in [0.4, 0.5) is 22.0 Å². The van der Waals surface area contributed by atoms with E-state index in [1.54, 1.807) is 0 Å². The van der Waals surface area contributed by atoms with Crippen LogP contribution in [0.1, 0.15) is 39.0 Å². The maximum Gasteiger partial charge on any atom is 0.468 e. The van der Waals surface area contributed by atoms with E-state index in [0.717, 1.165) is 13.3 Å². The highest BCUT2D eigenvalue weighted by atomic mass is 32.2. The first kappa shape index (κ1) is 25.2. The van der Waals surface area contributed by atoms with Crippen molar-refractivity contribution >= 4 is 22.1 Å². The van der Waals surface area contributed by atoms with Gasteiger partial charge < -0.3 is 14.2 Å². The van der Waals surface area contributed by atoms with Gasteiger partial charge in [-0.25, -0.2) is 9.59 Å². The number of hydrogen-bond acceptors (Lipinski definition) is 7. The number of halogens is 5. The molecule has 0 aliphatic heterocycles. The molecule has 1 rings (SSSR count). The summed E-state index contributed by atoms with van der Waals surface area (Å²) >= 11 is 0. The van der Waals surface area contributed by atoms with E-state index in [1.165, 1.54) is 0 Å². The number of carbonyl (C=O) groups is 2. The summed E-state index contributed by atoms with van der Waals surface area (Å²) in [5.74, 6) is -8.90. The average molecular weight is 454 g/mol. The van der Waals surface area contributed by atoms with Gasteiger partial charge in [0.1, 0.15) is 12.7 Å². The molecule has 0 bridgehead atoms. The Morgan fingerprint density at radius 3 is 2.03 bits per heavy atom. The van der Waals surface area contributed by atoms with Gasteiger partial charge in [0.05, 0.1) is 0 Å². The minimum absolute atomic E-state index is 0.176. The predicted molar refractivity (Wildman–Crippen MR) is 85.1 cm³/mol. The van der Waals surface area contributed by atoms with Crippen molar-refractivity contribution in [3.63, 3.8) is 0 Å². The van der Waals surface area contributed by atoms with Crippen molar-refractivity contribution < 1.29 is 58.7 Å². The van der Waals surface area contributed by atoms with Crippen LogP contribution in [0.5, 0.6) is 0 Å². The topological polar surface area (TPSA) is 116 Å². The number of ether oxygens (including phenoxy) is 3. The van der Waals surface area contributed by atoms with Gasteiger partial charge in [-0.15, -0.1) is 0 Å². The molecule has 1 aliphatic carbocycles. The van der Waals surface area contributed by atoms with E-state index in [9.17, 15) is 40.0 Å². The highest BCUT2D eigenvalue weighted by Crippen LogP contribution is 2.39. The molecule has 1 aliphatic rings. The summed E-state index contributed by atoms with van der Waals surface area (Å²) < 4.78 is 110. The third-order valence-corrected chi connectivity index (χ3v) is 4.75. The Kier molecular flexibility index (Phi) is 7.76. The second kappa shape index (κ2) is 8.92. The molecule has 0 aromatic heterocycles. The van der Waals surface area contributed by atoms with Crippen LogP contribution in [-0.2, 0) is 33.9 Å². The van der Waals surface area contributed by atoms with Crippen LogP contribution in [0.3, 0.4) is 0 Å². The van der Waals surface area contributed by atoms with Gasteiger partial charge in [0.15, 0.2) is 0 Å². The van der Waals surface area contributed by atoms with Gasteiger partial charge in [0.2, 0.25) is 0 Å². The second-order valence-electron chi connectivity index (χ2n) is 6.35. The molecule has 0 aromatic rings. The van der Waals surface area contributed by atoms with Crippen LogP contribution < -0.4 is 0 Å². The zero-order chi connectivity index (χ0) is 22.7. The van der Waals surface area contributed by atoms with Crippen molar-refractivity contribution in [1.29, 1.82) is 0 Å². The first-order chi connectivity index (χ1) is 13.0. The molecule has 0 radical (unpaired) electrons. The fraction of sp³-hybridized carbons (Fsp3) is 0.733. The normalized spacial score (nSPS) is 18.6. The van der Waals surface area contributed by atoms with E-state index < -0.39 is 57.6 Å². The van der Waals surface area contributed by atoms with Crippen LogP contribution in [0.15, 0.2) is 12.2 Å². The fourth-order valence-electron chi connectivity index (χ4n) is 2.28. The lowest BCUT2D eigenvalue weighted by Crippen LogP contribution is -2.60. The largest absolute Gasteiger partial charge is 0.468 e. The molecule has 168 valence electrons. The van der Waals surface area contributed by atoms with Crippen molar-refractivity contribution in [2.45, 2.75) is 62.3 Å². The molecule has 0 aromatic carbocycles. The molecule has 0 saturated heterocycles. The van der Waals surface area contributed by atoms with Crippen LogP contribution in [0.25, 0.3) is 0 Å². The summed E-state index contributed by atoms with van der Waals surface area (Å²) in [6, 6.07) is 0. The minimum Gasteiger partial charge on any atom is -0.457 e. The maximum atomic E-state index is 13.7. The van der Waals surface area contributed by atoms with E-state index >= 15 is 0 Å². The molecule has 0 amide bonds. The van der Waals surface area contributed by atoms with E-state index in [-0.39, 0.29) is 12.8 Å². The Hall–Kier alpha value is -1.80. The van der Waals surface area contributed by atoms with E-state index in [1.807, 2.05) is 0 Å². The summed E-state index contributed by atoms with van der Waals surface area (Å²) in [4.78, 5) is 23.9. The minimum atomic E-state index is -6.20. The Bertz CT molecular complexity index is 742. The maximum absolute atomic E-state index is 13.7. The standard InChI is InChI=1S/C15H19F5O8S/c1-9(2)11(21)28-14(15(18,19)20,26-8-13(16,17)29(23,24)25)12(22)27-10-6-4-3-5-7-10/h10H,1,3-8H2,2H3,(H,23,24,25). The number of rotatable bonds is 8. The molecule has 1 atom stereocenters. The summed E-state index contributed by atoms with van der Waals surface area (Å²) in [5.41, 5.74) is -0.644. The summed E-state index contributed by atoms with van der Waals surface area (Å²) in [5, 5.41) is -5.25. The summed E-state index contributed by atoms with van der Waals surface area (Å²) in [6.07, 6.45) is -4.84. The van der Waals surface area contributed by atoms with Crippen LogP contribution in [-0.4, -0.2) is 54.8 Å². The molecular weight excluding hydrogens is 435 g/mol. The molecule has 14 heteroatoms. The first-order valence-corrected chi connectivity index (χ1v) is 9.63.